The number of benzene rings is 2. The maximum atomic E-state index is 14.9. The number of halogens is 1. The zero-order valence-electron chi connectivity index (χ0n) is 21.4. The summed E-state index contributed by atoms with van der Waals surface area (Å²) in [6, 6.07) is 10.9. The lowest BCUT2D eigenvalue weighted by molar-refractivity contribution is 0.0949. The van der Waals surface area contributed by atoms with E-state index in [-0.39, 0.29) is 28.8 Å². The first-order valence-corrected chi connectivity index (χ1v) is 13.0. The second-order valence-corrected chi connectivity index (χ2v) is 10.3. The van der Waals surface area contributed by atoms with Gasteiger partial charge in [-0.15, -0.1) is 10.2 Å². The second-order valence-electron chi connectivity index (χ2n) is 8.30. The Morgan fingerprint density at radius 1 is 0.947 bits per heavy atom. The minimum atomic E-state index is -4.19. The average Bonchev–Trinajstić information content (AvgIpc) is 3.31. The summed E-state index contributed by atoms with van der Waals surface area (Å²) in [6.07, 6.45) is 2.16. The topological polar surface area (TPSA) is 130 Å². The molecule has 1 N–H and O–H groups in total. The van der Waals surface area contributed by atoms with Crippen LogP contribution in [-0.2, 0) is 14.8 Å². The molecule has 4 aromatic rings. The molecule has 0 amide bonds. The number of anilines is 1. The molecule has 0 aliphatic heterocycles. The smallest absolute Gasteiger partial charge is 0.243 e. The van der Waals surface area contributed by atoms with Crippen LogP contribution in [0.2, 0.25) is 0 Å². The Morgan fingerprint density at radius 3 is 2.16 bits per heavy atom. The van der Waals surface area contributed by atoms with Crippen molar-refractivity contribution in [3.63, 3.8) is 0 Å². The van der Waals surface area contributed by atoms with Gasteiger partial charge in [0.25, 0.3) is 0 Å². The summed E-state index contributed by atoms with van der Waals surface area (Å²) < 4.78 is 62.4. The van der Waals surface area contributed by atoms with E-state index in [4.69, 9.17) is 14.2 Å². The molecule has 2 aromatic heterocycles. The Labute approximate surface area is 219 Å². The van der Waals surface area contributed by atoms with E-state index in [1.807, 2.05) is 6.92 Å². The second kappa shape index (κ2) is 11.1. The maximum absolute atomic E-state index is 14.9. The van der Waals surface area contributed by atoms with E-state index < -0.39 is 27.2 Å². The van der Waals surface area contributed by atoms with Crippen LogP contribution in [-0.4, -0.2) is 59.7 Å². The highest BCUT2D eigenvalue weighted by molar-refractivity contribution is 7.93. The van der Waals surface area contributed by atoms with Crippen molar-refractivity contribution < 1.29 is 27.0 Å². The van der Waals surface area contributed by atoms with Crippen LogP contribution >= 0.6 is 0 Å². The summed E-state index contributed by atoms with van der Waals surface area (Å²) in [5.74, 6) is 0.0831. The quantitative estimate of drug-likeness (QED) is 0.319. The van der Waals surface area contributed by atoms with Crippen LogP contribution in [0.1, 0.15) is 24.4 Å². The fourth-order valence-electron chi connectivity index (χ4n) is 3.87. The van der Waals surface area contributed by atoms with Gasteiger partial charge in [0.05, 0.1) is 19.8 Å². The number of nitrogens with one attached hydrogen (secondary N) is 1. The minimum Gasteiger partial charge on any atom is -0.494 e. The molecule has 2 atom stereocenters. The number of hydrogen-bond donors (Lipinski definition) is 1. The molecule has 13 heteroatoms. The van der Waals surface area contributed by atoms with Crippen molar-refractivity contribution >= 4 is 16.0 Å². The number of hydrogen-bond acceptors (Lipinski definition) is 9. The molecular formula is C25H27FN6O5S. The fraction of sp³-hybridized carbons (Fsp3) is 0.280. The van der Waals surface area contributed by atoms with Crippen molar-refractivity contribution in [2.45, 2.75) is 25.2 Å². The molecule has 0 unspecified atom stereocenters. The number of para-hydroxylation sites is 1. The number of aryl methyl sites for hydroxylation is 1. The average molecular weight is 543 g/mol. The summed E-state index contributed by atoms with van der Waals surface area (Å²) in [6.45, 7) is 3.28. The van der Waals surface area contributed by atoms with Crippen LogP contribution in [0.3, 0.4) is 0 Å². The molecule has 2 heterocycles. The first-order chi connectivity index (χ1) is 18.2. The molecule has 0 bridgehead atoms. The van der Waals surface area contributed by atoms with Crippen LogP contribution in [0.4, 0.5) is 10.3 Å². The number of aromatic nitrogens is 5. The number of sulfonamides is 1. The lowest BCUT2D eigenvalue weighted by atomic mass is 10.2. The van der Waals surface area contributed by atoms with Gasteiger partial charge in [0.15, 0.2) is 11.6 Å². The van der Waals surface area contributed by atoms with E-state index in [1.54, 1.807) is 36.7 Å². The Kier molecular flexibility index (Phi) is 7.88. The Morgan fingerprint density at radius 2 is 1.58 bits per heavy atom. The molecular weight excluding hydrogens is 515 g/mol. The summed E-state index contributed by atoms with van der Waals surface area (Å²) in [5.41, 5.74) is 1.18. The van der Waals surface area contributed by atoms with Crippen molar-refractivity contribution in [3.05, 3.63) is 72.1 Å². The number of ether oxygens (including phenoxy) is 3. The molecule has 11 nitrogen and oxygen atoms in total. The Balaban J connectivity index is 1.85. The zero-order valence-corrected chi connectivity index (χ0v) is 22.2. The first-order valence-electron chi connectivity index (χ1n) is 11.5. The van der Waals surface area contributed by atoms with Crippen molar-refractivity contribution in [1.29, 1.82) is 0 Å². The molecule has 0 saturated heterocycles. The third-order valence-corrected chi connectivity index (χ3v) is 7.56. The molecule has 0 aliphatic rings. The zero-order chi connectivity index (χ0) is 27.4. The van der Waals surface area contributed by atoms with E-state index in [0.29, 0.717) is 11.5 Å². The molecule has 0 fully saturated rings. The molecule has 0 radical (unpaired) electrons. The van der Waals surface area contributed by atoms with Gasteiger partial charge in [-0.25, -0.2) is 22.8 Å². The number of rotatable bonds is 10. The van der Waals surface area contributed by atoms with Crippen molar-refractivity contribution in [3.8, 4) is 28.6 Å². The molecule has 200 valence electrons. The van der Waals surface area contributed by atoms with Gasteiger partial charge in [0.2, 0.25) is 16.0 Å². The predicted molar refractivity (Wildman–Crippen MR) is 138 cm³/mol. The largest absolute Gasteiger partial charge is 0.494 e. The van der Waals surface area contributed by atoms with E-state index in [1.165, 1.54) is 51.0 Å². The van der Waals surface area contributed by atoms with Gasteiger partial charge in [-0.2, -0.15) is 0 Å². The highest BCUT2D eigenvalue weighted by Gasteiger charge is 2.35. The van der Waals surface area contributed by atoms with Crippen LogP contribution in [0.15, 0.2) is 54.9 Å². The third kappa shape index (κ3) is 5.15. The summed E-state index contributed by atoms with van der Waals surface area (Å²) >= 11 is 0. The van der Waals surface area contributed by atoms with E-state index in [2.05, 4.69) is 24.9 Å². The van der Waals surface area contributed by atoms with Gasteiger partial charge >= 0.3 is 0 Å². The van der Waals surface area contributed by atoms with Gasteiger partial charge in [-0.05, 0) is 43.7 Å². The normalized spacial score (nSPS) is 13.1. The first kappa shape index (κ1) is 26.9. The minimum absolute atomic E-state index is 0.0291. The Hall–Kier alpha value is -4.10. The van der Waals surface area contributed by atoms with Gasteiger partial charge in [0, 0.05) is 19.5 Å². The van der Waals surface area contributed by atoms with E-state index in [9.17, 15) is 12.8 Å². The van der Waals surface area contributed by atoms with Gasteiger partial charge < -0.3 is 14.2 Å². The third-order valence-electron chi connectivity index (χ3n) is 5.86. The van der Waals surface area contributed by atoms with Crippen LogP contribution < -0.4 is 14.2 Å². The van der Waals surface area contributed by atoms with Crippen molar-refractivity contribution in [2.75, 3.05) is 26.1 Å². The predicted octanol–water partition coefficient (Wildman–Crippen LogP) is 3.71. The van der Waals surface area contributed by atoms with Crippen LogP contribution in [0.5, 0.6) is 11.5 Å². The standard InChI is InChI=1S/C25H27FN6O5S/c1-15-13-27-23(28-14-15)22(37-5)16(2)38(33,34)31-25-30-29-24(17-9-6-7-10-18(17)26)32(25)21-19(35-3)11-8-12-20(21)36-4/h6-14,16,22H,1-5H3,(H,30,31)/t16-,22-/m0/s1. The van der Waals surface area contributed by atoms with Crippen molar-refractivity contribution in [2.24, 2.45) is 0 Å². The molecule has 0 aliphatic carbocycles. The maximum Gasteiger partial charge on any atom is 0.243 e. The van der Waals surface area contributed by atoms with E-state index in [0.717, 1.165) is 5.56 Å². The fourth-order valence-corrected chi connectivity index (χ4v) is 5.00. The lowest BCUT2D eigenvalue weighted by Gasteiger charge is -2.23. The SMILES string of the molecule is COc1cccc(OC)c1-n1c(NS(=O)(=O)[C@@H](C)[C@H](OC)c2ncc(C)cn2)nnc1-c1ccccc1F. The molecule has 38 heavy (non-hydrogen) atoms. The van der Waals surface area contributed by atoms with Gasteiger partial charge in [-0.3, -0.25) is 9.29 Å². The van der Waals surface area contributed by atoms with Crippen LogP contribution in [0.25, 0.3) is 17.1 Å². The van der Waals surface area contributed by atoms with Crippen molar-refractivity contribution in [1.82, 2.24) is 24.7 Å². The molecule has 4 rings (SSSR count). The monoisotopic (exact) mass is 542 g/mol. The van der Waals surface area contributed by atoms with Crippen LogP contribution in [0, 0.1) is 12.7 Å². The summed E-state index contributed by atoms with van der Waals surface area (Å²) in [7, 11) is 0.0812. The highest BCUT2D eigenvalue weighted by atomic mass is 32.2. The summed E-state index contributed by atoms with van der Waals surface area (Å²) in [5, 5.41) is 7.04. The Bertz CT molecular complexity index is 1510. The number of methoxy groups -OCH3 is 3. The van der Waals surface area contributed by atoms with E-state index >= 15 is 0 Å². The lowest BCUT2D eigenvalue weighted by Crippen LogP contribution is -2.33. The molecule has 0 spiro atoms. The number of nitrogens with zero attached hydrogens (tertiary/aromatic N) is 5. The summed E-state index contributed by atoms with van der Waals surface area (Å²) in [4.78, 5) is 8.44. The highest BCUT2D eigenvalue weighted by Crippen LogP contribution is 2.38. The molecule has 0 saturated carbocycles. The van der Waals surface area contributed by atoms with Gasteiger partial charge in [-0.1, -0.05) is 18.2 Å². The molecule has 2 aromatic carbocycles. The van der Waals surface area contributed by atoms with Gasteiger partial charge in [0.1, 0.15) is 34.4 Å².